The molecule has 0 heterocycles. The molecule has 6 nitrogen and oxygen atoms in total. The molecule has 0 aliphatic heterocycles. The van der Waals surface area contributed by atoms with Crippen molar-refractivity contribution in [1.82, 2.24) is 9.62 Å². The van der Waals surface area contributed by atoms with Gasteiger partial charge >= 0.3 is 0 Å². The highest BCUT2D eigenvalue weighted by molar-refractivity contribution is 7.89. The first-order valence-electron chi connectivity index (χ1n) is 6.42. The molecule has 0 aromatic heterocycles. The van der Waals surface area contributed by atoms with Gasteiger partial charge in [0.15, 0.2) is 0 Å². The van der Waals surface area contributed by atoms with Gasteiger partial charge in [0, 0.05) is 26.6 Å². The van der Waals surface area contributed by atoms with E-state index in [9.17, 15) is 13.2 Å². The zero-order valence-corrected chi connectivity index (χ0v) is 13.4. The van der Waals surface area contributed by atoms with E-state index in [0.717, 1.165) is 4.31 Å². The second kappa shape index (κ2) is 6.70. The summed E-state index contributed by atoms with van der Waals surface area (Å²) >= 11 is 0. The Kier molecular flexibility index (Phi) is 5.47. The molecule has 0 aliphatic carbocycles. The number of hydrogen-bond acceptors (Lipinski definition) is 4. The van der Waals surface area contributed by atoms with Crippen molar-refractivity contribution in [3.05, 3.63) is 29.3 Å². The summed E-state index contributed by atoms with van der Waals surface area (Å²) in [6.45, 7) is 3.43. The summed E-state index contributed by atoms with van der Waals surface area (Å²) in [5.41, 5.74) is 1.04. The summed E-state index contributed by atoms with van der Waals surface area (Å²) in [6, 6.07) is 6.35. The quantitative estimate of drug-likeness (QED) is 0.874. The summed E-state index contributed by atoms with van der Waals surface area (Å²) in [4.78, 5) is 11.6. The average Bonchev–Trinajstić information content (AvgIpc) is 2.45. The fraction of sp³-hybridized carbons (Fsp3) is 0.429. The summed E-state index contributed by atoms with van der Waals surface area (Å²) in [5.74, 6) is -0.665. The molecular formula is C14H19N3O3S. The van der Waals surface area contributed by atoms with E-state index in [1.807, 2.05) is 6.07 Å². The van der Waals surface area contributed by atoms with Crippen molar-refractivity contribution in [3.63, 3.8) is 0 Å². The second-order valence-electron chi connectivity index (χ2n) is 4.89. The van der Waals surface area contributed by atoms with Crippen LogP contribution in [-0.2, 0) is 14.8 Å². The summed E-state index contributed by atoms with van der Waals surface area (Å²) in [7, 11) is -0.735. The highest BCUT2D eigenvalue weighted by Gasteiger charge is 2.25. The molecule has 114 valence electrons. The maximum atomic E-state index is 12.4. The van der Waals surface area contributed by atoms with Crippen LogP contribution in [0, 0.1) is 24.2 Å². The zero-order chi connectivity index (χ0) is 16.2. The Hall–Kier alpha value is -1.91. The third-order valence-electron chi connectivity index (χ3n) is 3.25. The van der Waals surface area contributed by atoms with Crippen LogP contribution in [0.25, 0.3) is 0 Å². The number of nitrogens with one attached hydrogen (secondary N) is 1. The Morgan fingerprint density at radius 1 is 1.48 bits per heavy atom. The van der Waals surface area contributed by atoms with Crippen LogP contribution in [0.15, 0.2) is 23.1 Å². The molecule has 1 amide bonds. The first-order chi connectivity index (χ1) is 9.73. The normalized spacial score (nSPS) is 12.8. The lowest BCUT2D eigenvalue weighted by Gasteiger charge is -2.20. The van der Waals surface area contributed by atoms with Crippen molar-refractivity contribution in [2.45, 2.75) is 18.7 Å². The van der Waals surface area contributed by atoms with E-state index < -0.39 is 15.9 Å². The van der Waals surface area contributed by atoms with Crippen molar-refractivity contribution in [2.75, 3.05) is 20.6 Å². The number of carbonyl (C=O) groups excluding carboxylic acids is 1. The molecule has 0 radical (unpaired) electrons. The molecule has 1 atom stereocenters. The highest BCUT2D eigenvalue weighted by Crippen LogP contribution is 2.19. The van der Waals surface area contributed by atoms with Crippen molar-refractivity contribution in [1.29, 1.82) is 5.26 Å². The predicted molar refractivity (Wildman–Crippen MR) is 78.9 cm³/mol. The molecule has 0 spiro atoms. The molecule has 7 heteroatoms. The number of benzene rings is 1. The lowest BCUT2D eigenvalue weighted by molar-refractivity contribution is -0.124. The van der Waals surface area contributed by atoms with Crippen molar-refractivity contribution >= 4 is 15.9 Å². The Labute approximate surface area is 125 Å². The first-order valence-corrected chi connectivity index (χ1v) is 7.86. The monoisotopic (exact) mass is 309 g/mol. The molecule has 1 N–H and O–H groups in total. The Morgan fingerprint density at radius 3 is 2.57 bits per heavy atom. The molecular weight excluding hydrogens is 290 g/mol. The van der Waals surface area contributed by atoms with Gasteiger partial charge in [-0.1, -0.05) is 6.92 Å². The molecule has 1 aromatic carbocycles. The van der Waals surface area contributed by atoms with Gasteiger partial charge in [-0.3, -0.25) is 4.79 Å². The van der Waals surface area contributed by atoms with Crippen LogP contribution in [0.2, 0.25) is 0 Å². The second-order valence-corrected chi connectivity index (χ2v) is 6.93. The Morgan fingerprint density at radius 2 is 2.10 bits per heavy atom. The van der Waals surface area contributed by atoms with Crippen LogP contribution in [0.5, 0.6) is 0 Å². The third kappa shape index (κ3) is 3.80. The average molecular weight is 309 g/mol. The smallest absolute Gasteiger partial charge is 0.242 e. The lowest BCUT2D eigenvalue weighted by Crippen LogP contribution is -2.37. The minimum Gasteiger partial charge on any atom is -0.359 e. The number of carbonyl (C=O) groups is 1. The Bertz CT molecular complexity index is 677. The van der Waals surface area contributed by atoms with Crippen LogP contribution in [0.1, 0.15) is 18.1 Å². The van der Waals surface area contributed by atoms with Gasteiger partial charge in [-0.25, -0.2) is 12.7 Å². The summed E-state index contributed by atoms with van der Waals surface area (Å²) in [6.07, 6.45) is 0. The van der Waals surface area contributed by atoms with E-state index in [2.05, 4.69) is 5.32 Å². The Balaban J connectivity index is 3.03. The van der Waals surface area contributed by atoms with E-state index >= 15 is 0 Å². The number of nitriles is 1. The fourth-order valence-corrected chi connectivity index (χ4v) is 3.26. The van der Waals surface area contributed by atoms with Crippen LogP contribution < -0.4 is 5.32 Å². The summed E-state index contributed by atoms with van der Waals surface area (Å²) in [5, 5.41) is 11.4. The van der Waals surface area contributed by atoms with Crippen molar-refractivity contribution in [3.8, 4) is 6.07 Å². The molecule has 0 bridgehead atoms. The van der Waals surface area contributed by atoms with Crippen LogP contribution in [0.4, 0.5) is 0 Å². The minimum atomic E-state index is -3.68. The van der Waals surface area contributed by atoms with E-state index in [1.165, 1.54) is 32.3 Å². The number of hydrogen-bond donors (Lipinski definition) is 1. The number of rotatable bonds is 5. The van der Waals surface area contributed by atoms with E-state index in [1.54, 1.807) is 13.8 Å². The molecule has 0 saturated carbocycles. The number of nitrogens with zero attached hydrogens (tertiary/aromatic N) is 2. The van der Waals surface area contributed by atoms with Crippen molar-refractivity contribution < 1.29 is 13.2 Å². The highest BCUT2D eigenvalue weighted by atomic mass is 32.2. The lowest BCUT2D eigenvalue weighted by atomic mass is 10.1. The molecule has 1 rings (SSSR count). The van der Waals surface area contributed by atoms with Gasteiger partial charge in [-0.15, -0.1) is 0 Å². The molecule has 1 unspecified atom stereocenters. The standard InChI is InChI=1S/C14H19N3O3S/c1-10-7-13(6-5-12(10)8-15)21(19,20)17(4)9-11(2)14(18)16-3/h5-7,11H,9H2,1-4H3,(H,16,18). The van der Waals surface area contributed by atoms with Gasteiger partial charge in [0.2, 0.25) is 15.9 Å². The van der Waals surface area contributed by atoms with Crippen LogP contribution in [0.3, 0.4) is 0 Å². The van der Waals surface area contributed by atoms with Gasteiger partial charge in [-0.2, -0.15) is 5.26 Å². The zero-order valence-electron chi connectivity index (χ0n) is 12.5. The predicted octanol–water partition coefficient (Wildman–Crippen LogP) is 0.869. The van der Waals surface area contributed by atoms with E-state index in [0.29, 0.717) is 11.1 Å². The van der Waals surface area contributed by atoms with Gasteiger partial charge in [0.25, 0.3) is 0 Å². The molecule has 0 fully saturated rings. The largest absolute Gasteiger partial charge is 0.359 e. The molecule has 21 heavy (non-hydrogen) atoms. The maximum absolute atomic E-state index is 12.4. The van der Waals surface area contributed by atoms with Crippen LogP contribution in [-0.4, -0.2) is 39.3 Å². The number of sulfonamides is 1. The maximum Gasteiger partial charge on any atom is 0.242 e. The minimum absolute atomic E-state index is 0.0844. The van der Waals surface area contributed by atoms with Gasteiger partial charge in [-0.05, 0) is 30.7 Å². The van der Waals surface area contributed by atoms with Crippen molar-refractivity contribution in [2.24, 2.45) is 5.92 Å². The van der Waals surface area contributed by atoms with E-state index in [4.69, 9.17) is 5.26 Å². The SMILES string of the molecule is CNC(=O)C(C)CN(C)S(=O)(=O)c1ccc(C#N)c(C)c1. The molecule has 0 aliphatic rings. The molecule has 0 saturated heterocycles. The number of aryl methyl sites for hydroxylation is 1. The molecule has 1 aromatic rings. The fourth-order valence-electron chi connectivity index (χ4n) is 1.92. The van der Waals surface area contributed by atoms with Crippen LogP contribution >= 0.6 is 0 Å². The topological polar surface area (TPSA) is 90.3 Å². The number of amides is 1. The van der Waals surface area contributed by atoms with Gasteiger partial charge in [0.05, 0.1) is 16.5 Å². The van der Waals surface area contributed by atoms with E-state index in [-0.39, 0.29) is 17.3 Å². The van der Waals surface area contributed by atoms with Gasteiger partial charge in [0.1, 0.15) is 0 Å². The van der Waals surface area contributed by atoms with Gasteiger partial charge < -0.3 is 5.32 Å². The summed E-state index contributed by atoms with van der Waals surface area (Å²) < 4.78 is 26.0. The third-order valence-corrected chi connectivity index (χ3v) is 5.07. The first kappa shape index (κ1) is 17.1.